The van der Waals surface area contributed by atoms with Gasteiger partial charge in [0.05, 0.1) is 0 Å². The summed E-state index contributed by atoms with van der Waals surface area (Å²) in [5.41, 5.74) is 4.36. The third-order valence-electron chi connectivity index (χ3n) is 3.35. The van der Waals surface area contributed by atoms with E-state index >= 15 is 0 Å². The molecule has 0 N–H and O–H groups in total. The van der Waals surface area contributed by atoms with Crippen LogP contribution in [-0.4, -0.2) is 4.98 Å². The molecule has 0 aliphatic heterocycles. The van der Waals surface area contributed by atoms with Gasteiger partial charge in [0.25, 0.3) is 0 Å². The maximum absolute atomic E-state index is 4.68. The Morgan fingerprint density at radius 2 is 1.93 bits per heavy atom. The van der Waals surface area contributed by atoms with Gasteiger partial charge in [-0.2, -0.15) is 0 Å². The quantitative estimate of drug-likeness (QED) is 0.693. The lowest BCUT2D eigenvalue weighted by Gasteiger charge is -2.14. The number of nitrogens with zero attached hydrogens (tertiary/aromatic N) is 1. The molecule has 14 heavy (non-hydrogen) atoms. The average Bonchev–Trinajstić information content (AvgIpc) is 2.84. The first-order valence-electron chi connectivity index (χ1n) is 5.51. The number of hydrogen-bond donors (Lipinski definition) is 0. The Hall–Kier alpha value is -0.850. The molecule has 0 bridgehead atoms. The van der Waals surface area contributed by atoms with Gasteiger partial charge >= 0.3 is 0 Å². The van der Waals surface area contributed by atoms with Gasteiger partial charge in [0.1, 0.15) is 0 Å². The summed E-state index contributed by atoms with van der Waals surface area (Å²) in [6, 6.07) is 4.47. The van der Waals surface area contributed by atoms with Crippen LogP contribution in [0.4, 0.5) is 0 Å². The van der Waals surface area contributed by atoms with Crippen molar-refractivity contribution in [2.45, 2.75) is 51.9 Å². The van der Waals surface area contributed by atoms with Crippen LogP contribution in [0.25, 0.3) is 0 Å². The molecular formula is C13H19N. The first-order chi connectivity index (χ1) is 6.53. The Morgan fingerprint density at radius 1 is 1.29 bits per heavy atom. The molecule has 1 fully saturated rings. The lowest BCUT2D eigenvalue weighted by atomic mass is 9.95. The molecule has 0 saturated heterocycles. The maximum atomic E-state index is 4.68. The topological polar surface area (TPSA) is 12.9 Å². The maximum Gasteiger partial charge on any atom is 0.0432 e. The van der Waals surface area contributed by atoms with Crippen molar-refractivity contribution in [3.05, 3.63) is 29.1 Å². The predicted octanol–water partition coefficient (Wildman–Crippen LogP) is 3.56. The van der Waals surface area contributed by atoms with Crippen molar-refractivity contribution in [2.75, 3.05) is 0 Å². The molecule has 0 radical (unpaired) electrons. The van der Waals surface area contributed by atoms with E-state index < -0.39 is 0 Å². The Morgan fingerprint density at radius 3 is 2.36 bits per heavy atom. The zero-order valence-corrected chi connectivity index (χ0v) is 9.59. The molecule has 0 amide bonds. The molecule has 0 spiro atoms. The number of pyridine rings is 1. The molecule has 1 nitrogen and oxygen atoms in total. The summed E-state index contributed by atoms with van der Waals surface area (Å²) in [7, 11) is 0. The van der Waals surface area contributed by atoms with Gasteiger partial charge in [-0.3, -0.25) is 4.98 Å². The first kappa shape index (κ1) is 9.70. The molecule has 1 aromatic heterocycles. The summed E-state index contributed by atoms with van der Waals surface area (Å²) in [4.78, 5) is 4.68. The third kappa shape index (κ3) is 1.56. The number of aromatic nitrogens is 1. The van der Waals surface area contributed by atoms with Crippen LogP contribution < -0.4 is 0 Å². The highest BCUT2D eigenvalue weighted by molar-refractivity contribution is 5.34. The van der Waals surface area contributed by atoms with E-state index in [-0.39, 0.29) is 0 Å². The Labute approximate surface area is 86.6 Å². The molecule has 2 rings (SSSR count). The van der Waals surface area contributed by atoms with Crippen LogP contribution >= 0.6 is 0 Å². The molecule has 1 aromatic rings. The molecule has 0 atom stereocenters. The average molecular weight is 189 g/mol. The van der Waals surface area contributed by atoms with E-state index in [2.05, 4.69) is 44.8 Å². The van der Waals surface area contributed by atoms with Gasteiger partial charge in [0.15, 0.2) is 0 Å². The van der Waals surface area contributed by atoms with Gasteiger partial charge in [-0.05, 0) is 42.7 Å². The molecule has 0 aromatic carbocycles. The van der Waals surface area contributed by atoms with Crippen molar-refractivity contribution in [1.82, 2.24) is 4.98 Å². The second kappa shape index (κ2) is 3.08. The molecule has 1 heteroatoms. The van der Waals surface area contributed by atoms with Gasteiger partial charge in [0, 0.05) is 11.4 Å². The Bertz CT molecular complexity index is 348. The van der Waals surface area contributed by atoms with E-state index in [0.717, 1.165) is 0 Å². The third-order valence-corrected chi connectivity index (χ3v) is 3.35. The summed E-state index contributed by atoms with van der Waals surface area (Å²) in [6.45, 7) is 8.87. The van der Waals surface area contributed by atoms with Crippen LogP contribution in [0.3, 0.4) is 0 Å². The first-order valence-corrected chi connectivity index (χ1v) is 5.51. The standard InChI is InChI=1S/C13H19N/c1-9(2)12-6-5-11(10(3)14-12)13(4)7-8-13/h5-6,9H,7-8H2,1-4H3. The SMILES string of the molecule is Cc1nc(C(C)C)ccc1C1(C)CC1. The van der Waals surface area contributed by atoms with Gasteiger partial charge in [-0.1, -0.05) is 26.8 Å². The summed E-state index contributed by atoms with van der Waals surface area (Å²) in [5.74, 6) is 0.537. The van der Waals surface area contributed by atoms with Crippen molar-refractivity contribution in [3.63, 3.8) is 0 Å². The minimum atomic E-state index is 0.451. The molecule has 1 saturated carbocycles. The van der Waals surface area contributed by atoms with Crippen LogP contribution in [0.2, 0.25) is 0 Å². The summed E-state index contributed by atoms with van der Waals surface area (Å²) in [6.07, 6.45) is 2.66. The van der Waals surface area contributed by atoms with Crippen molar-refractivity contribution >= 4 is 0 Å². The highest BCUT2D eigenvalue weighted by Crippen LogP contribution is 2.48. The fraction of sp³-hybridized carbons (Fsp3) is 0.615. The zero-order chi connectivity index (χ0) is 10.3. The van der Waals surface area contributed by atoms with E-state index in [4.69, 9.17) is 0 Å². The van der Waals surface area contributed by atoms with Gasteiger partial charge in [-0.25, -0.2) is 0 Å². The minimum absolute atomic E-state index is 0.451. The minimum Gasteiger partial charge on any atom is -0.258 e. The van der Waals surface area contributed by atoms with Crippen LogP contribution in [0.5, 0.6) is 0 Å². The number of rotatable bonds is 2. The largest absolute Gasteiger partial charge is 0.258 e. The second-order valence-corrected chi connectivity index (χ2v) is 5.08. The van der Waals surface area contributed by atoms with Crippen LogP contribution in [0.1, 0.15) is 56.5 Å². The summed E-state index contributed by atoms with van der Waals surface area (Å²) < 4.78 is 0. The zero-order valence-electron chi connectivity index (χ0n) is 9.59. The number of hydrogen-bond acceptors (Lipinski definition) is 1. The molecule has 1 aliphatic carbocycles. The fourth-order valence-electron chi connectivity index (χ4n) is 2.00. The fourth-order valence-corrected chi connectivity index (χ4v) is 2.00. The summed E-state index contributed by atoms with van der Waals surface area (Å²) >= 11 is 0. The van der Waals surface area contributed by atoms with E-state index in [1.165, 1.54) is 29.8 Å². The highest BCUT2D eigenvalue weighted by atomic mass is 14.7. The summed E-state index contributed by atoms with van der Waals surface area (Å²) in [5, 5.41) is 0. The normalized spacial score (nSPS) is 18.6. The smallest absolute Gasteiger partial charge is 0.0432 e. The van der Waals surface area contributed by atoms with Gasteiger partial charge in [-0.15, -0.1) is 0 Å². The number of aryl methyl sites for hydroxylation is 1. The second-order valence-electron chi connectivity index (χ2n) is 5.08. The van der Waals surface area contributed by atoms with Crippen LogP contribution in [0.15, 0.2) is 12.1 Å². The van der Waals surface area contributed by atoms with Crippen molar-refractivity contribution in [3.8, 4) is 0 Å². The van der Waals surface area contributed by atoms with Crippen molar-refractivity contribution < 1.29 is 0 Å². The van der Waals surface area contributed by atoms with E-state index in [1.807, 2.05) is 0 Å². The Balaban J connectivity index is 2.37. The van der Waals surface area contributed by atoms with Crippen molar-refractivity contribution in [2.24, 2.45) is 0 Å². The lowest BCUT2D eigenvalue weighted by Crippen LogP contribution is -2.06. The van der Waals surface area contributed by atoms with Crippen LogP contribution in [0, 0.1) is 6.92 Å². The lowest BCUT2D eigenvalue weighted by molar-refractivity contribution is 0.750. The van der Waals surface area contributed by atoms with Gasteiger partial charge in [0.2, 0.25) is 0 Å². The molecule has 0 unspecified atom stereocenters. The van der Waals surface area contributed by atoms with E-state index in [0.29, 0.717) is 11.3 Å². The van der Waals surface area contributed by atoms with Crippen molar-refractivity contribution in [1.29, 1.82) is 0 Å². The predicted molar refractivity (Wildman–Crippen MR) is 59.6 cm³/mol. The Kier molecular flexibility index (Phi) is 2.13. The highest BCUT2D eigenvalue weighted by Gasteiger charge is 2.40. The molecular weight excluding hydrogens is 170 g/mol. The van der Waals surface area contributed by atoms with E-state index in [9.17, 15) is 0 Å². The van der Waals surface area contributed by atoms with Gasteiger partial charge < -0.3 is 0 Å². The van der Waals surface area contributed by atoms with E-state index in [1.54, 1.807) is 0 Å². The molecule has 1 heterocycles. The monoisotopic (exact) mass is 189 g/mol. The molecule has 1 aliphatic rings. The van der Waals surface area contributed by atoms with Crippen LogP contribution in [-0.2, 0) is 5.41 Å². The molecule has 76 valence electrons.